The first kappa shape index (κ1) is 25.8. The Hall–Kier alpha value is -2.24. The van der Waals surface area contributed by atoms with Crippen molar-refractivity contribution in [3.05, 3.63) is 63.9 Å². The Morgan fingerprint density at radius 2 is 1.71 bits per heavy atom. The predicted octanol–water partition coefficient (Wildman–Crippen LogP) is 2.48. The summed E-state index contributed by atoms with van der Waals surface area (Å²) in [7, 11) is -4.22. The number of fused-ring (bicyclic) bond motifs is 1. The van der Waals surface area contributed by atoms with E-state index in [1.165, 1.54) is 47.4 Å². The van der Waals surface area contributed by atoms with Crippen molar-refractivity contribution >= 4 is 45.0 Å². The summed E-state index contributed by atoms with van der Waals surface area (Å²) in [5, 5.41) is 0.208. The zero-order valence-corrected chi connectivity index (χ0v) is 21.4. The molecule has 0 aliphatic carbocycles. The Kier molecular flexibility index (Phi) is 7.14. The molecule has 0 spiro atoms. The summed E-state index contributed by atoms with van der Waals surface area (Å²) in [4.78, 5) is 29.4. The fourth-order valence-electron chi connectivity index (χ4n) is 4.55. The first-order valence-electron chi connectivity index (χ1n) is 11.0. The van der Waals surface area contributed by atoms with E-state index in [0.717, 1.165) is 4.31 Å². The summed E-state index contributed by atoms with van der Waals surface area (Å²) in [6, 6.07) is 7.18. The molecule has 2 aliphatic heterocycles. The fourth-order valence-corrected chi connectivity index (χ4v) is 6.90. The van der Waals surface area contributed by atoms with E-state index in [-0.39, 0.29) is 46.4 Å². The van der Waals surface area contributed by atoms with Crippen molar-refractivity contribution in [3.63, 3.8) is 0 Å². The average Bonchev–Trinajstić information content (AvgIpc) is 2.78. The van der Waals surface area contributed by atoms with Gasteiger partial charge in [-0.1, -0.05) is 35.3 Å². The Labute approximate surface area is 213 Å². The van der Waals surface area contributed by atoms with Crippen LogP contribution in [-0.2, 0) is 26.0 Å². The van der Waals surface area contributed by atoms with Crippen LogP contribution in [0.15, 0.2) is 47.4 Å². The van der Waals surface area contributed by atoms with Crippen molar-refractivity contribution in [2.24, 2.45) is 5.73 Å². The van der Waals surface area contributed by atoms with Crippen LogP contribution in [0.1, 0.15) is 19.4 Å². The third-order valence-corrected chi connectivity index (χ3v) is 8.89. The quantitative estimate of drug-likeness (QED) is 0.624. The monoisotopic (exact) mass is 542 g/mol. The van der Waals surface area contributed by atoms with E-state index < -0.39 is 40.0 Å². The molecule has 2 aliphatic rings. The topological polar surface area (TPSA) is 104 Å². The van der Waals surface area contributed by atoms with E-state index in [2.05, 4.69) is 0 Å². The van der Waals surface area contributed by atoms with Gasteiger partial charge in [-0.15, -0.1) is 0 Å². The molecule has 2 N–H and O–H groups in total. The second kappa shape index (κ2) is 9.67. The Bertz CT molecular complexity index is 1260. The number of piperazine rings is 1. The van der Waals surface area contributed by atoms with Gasteiger partial charge in [0.2, 0.25) is 21.8 Å². The molecule has 35 heavy (non-hydrogen) atoms. The molecule has 8 nitrogen and oxygen atoms in total. The maximum atomic E-state index is 13.7. The lowest BCUT2D eigenvalue weighted by atomic mass is 9.96. The van der Waals surface area contributed by atoms with E-state index in [1.807, 2.05) is 13.8 Å². The molecule has 188 valence electrons. The maximum absolute atomic E-state index is 13.7. The normalized spacial score (nSPS) is 23.7. The molecule has 3 unspecified atom stereocenters. The number of amides is 2. The molecule has 0 radical (unpaired) electrons. The molecular formula is C23H25Cl2FN4O4S. The molecule has 4 rings (SSSR count). The fraction of sp³-hybridized carbons (Fsp3) is 0.391. The Morgan fingerprint density at radius 3 is 2.31 bits per heavy atom. The van der Waals surface area contributed by atoms with Gasteiger partial charge in [0.15, 0.2) is 0 Å². The molecule has 2 fully saturated rings. The van der Waals surface area contributed by atoms with Gasteiger partial charge in [-0.3, -0.25) is 9.59 Å². The molecule has 12 heteroatoms. The third kappa shape index (κ3) is 4.77. The number of carbonyl (C=O) groups excluding carboxylic acids is 2. The molecule has 2 aromatic rings. The van der Waals surface area contributed by atoms with Gasteiger partial charge in [0, 0.05) is 24.0 Å². The molecule has 0 saturated carbocycles. The van der Waals surface area contributed by atoms with Gasteiger partial charge < -0.3 is 15.5 Å². The van der Waals surface area contributed by atoms with Gasteiger partial charge in [-0.25, -0.2) is 12.8 Å². The second-order valence-corrected chi connectivity index (χ2v) is 11.6. The van der Waals surface area contributed by atoms with Crippen molar-refractivity contribution in [3.8, 4) is 0 Å². The first-order chi connectivity index (χ1) is 16.4. The van der Waals surface area contributed by atoms with Crippen LogP contribution >= 0.6 is 23.2 Å². The van der Waals surface area contributed by atoms with Gasteiger partial charge in [0.1, 0.15) is 22.9 Å². The van der Waals surface area contributed by atoms with Crippen LogP contribution in [0, 0.1) is 5.82 Å². The number of nitrogens with two attached hydrogens (primary N) is 1. The van der Waals surface area contributed by atoms with Crippen LogP contribution in [0.4, 0.5) is 4.39 Å². The minimum atomic E-state index is -4.22. The Balaban J connectivity index is 1.80. The highest BCUT2D eigenvalue weighted by atomic mass is 35.5. The Morgan fingerprint density at radius 1 is 1.06 bits per heavy atom. The average molecular weight is 543 g/mol. The lowest BCUT2D eigenvalue weighted by Gasteiger charge is -2.53. The number of halogens is 3. The molecule has 2 aromatic carbocycles. The van der Waals surface area contributed by atoms with E-state index in [1.54, 1.807) is 4.90 Å². The van der Waals surface area contributed by atoms with Gasteiger partial charge in [0.05, 0.1) is 17.6 Å². The van der Waals surface area contributed by atoms with E-state index >= 15 is 0 Å². The second-order valence-electron chi connectivity index (χ2n) is 8.91. The number of benzene rings is 2. The van der Waals surface area contributed by atoms with Crippen LogP contribution in [-0.4, -0.2) is 71.7 Å². The lowest BCUT2D eigenvalue weighted by molar-refractivity contribution is -0.167. The molecule has 2 saturated heterocycles. The zero-order valence-electron chi connectivity index (χ0n) is 19.1. The van der Waals surface area contributed by atoms with E-state index in [0.29, 0.717) is 5.56 Å². The van der Waals surface area contributed by atoms with Crippen LogP contribution in [0.25, 0.3) is 0 Å². The smallest absolute Gasteiger partial charge is 0.246 e. The number of sulfonamides is 1. The van der Waals surface area contributed by atoms with Crippen molar-refractivity contribution in [1.82, 2.24) is 14.1 Å². The van der Waals surface area contributed by atoms with Crippen molar-refractivity contribution in [2.75, 3.05) is 13.1 Å². The first-order valence-corrected chi connectivity index (χ1v) is 13.2. The van der Waals surface area contributed by atoms with Crippen molar-refractivity contribution in [1.29, 1.82) is 0 Å². The van der Waals surface area contributed by atoms with Gasteiger partial charge in [-0.2, -0.15) is 4.31 Å². The highest BCUT2D eigenvalue weighted by Crippen LogP contribution is 2.34. The minimum absolute atomic E-state index is 0.0285. The standard InChI is InChI=1S/C23H25Cl2FN4O4S/c1-13(2)28-12-21-29(35(33,34)20-8-5-15(24)10-17(20)25)11-18(27)22(31)30(21)19(23(28)32)9-14-3-6-16(26)7-4-14/h3-8,10,13,18-19,21H,9,11-12,27H2,1-2H3. The van der Waals surface area contributed by atoms with Crippen molar-refractivity contribution in [2.45, 2.75) is 49.5 Å². The van der Waals surface area contributed by atoms with Crippen LogP contribution in [0.3, 0.4) is 0 Å². The summed E-state index contributed by atoms with van der Waals surface area (Å²) in [6.07, 6.45) is -0.919. The molecule has 3 atom stereocenters. The summed E-state index contributed by atoms with van der Waals surface area (Å²) < 4.78 is 42.1. The van der Waals surface area contributed by atoms with Gasteiger partial charge >= 0.3 is 0 Å². The number of nitrogens with zero attached hydrogens (tertiary/aromatic N) is 3. The molecule has 2 amide bonds. The minimum Gasteiger partial charge on any atom is -0.335 e. The maximum Gasteiger partial charge on any atom is 0.246 e. The number of hydrogen-bond acceptors (Lipinski definition) is 5. The van der Waals surface area contributed by atoms with Crippen LogP contribution < -0.4 is 5.73 Å². The zero-order chi connectivity index (χ0) is 25.7. The lowest BCUT2D eigenvalue weighted by Crippen LogP contribution is -2.75. The largest absolute Gasteiger partial charge is 0.335 e. The summed E-state index contributed by atoms with van der Waals surface area (Å²) in [5.41, 5.74) is 6.72. The number of rotatable bonds is 5. The van der Waals surface area contributed by atoms with Crippen molar-refractivity contribution < 1.29 is 22.4 Å². The molecular weight excluding hydrogens is 518 g/mol. The summed E-state index contributed by atoms with van der Waals surface area (Å²) in [5.74, 6) is -1.28. The van der Waals surface area contributed by atoms with Crippen LogP contribution in [0.5, 0.6) is 0 Å². The molecule has 0 bridgehead atoms. The highest BCUT2D eigenvalue weighted by Gasteiger charge is 2.53. The number of hydrogen-bond donors (Lipinski definition) is 1. The van der Waals surface area contributed by atoms with E-state index in [4.69, 9.17) is 28.9 Å². The third-order valence-electron chi connectivity index (χ3n) is 6.31. The molecule has 2 heterocycles. The number of carbonyl (C=O) groups is 2. The van der Waals surface area contributed by atoms with Gasteiger partial charge in [0.25, 0.3) is 0 Å². The summed E-state index contributed by atoms with van der Waals surface area (Å²) >= 11 is 12.2. The predicted molar refractivity (Wildman–Crippen MR) is 130 cm³/mol. The SMILES string of the molecule is CC(C)N1CC2N(C(=O)C(N)CN2S(=O)(=O)c2ccc(Cl)cc2Cl)C(Cc2ccc(F)cc2)C1=O. The highest BCUT2D eigenvalue weighted by molar-refractivity contribution is 7.89. The van der Waals surface area contributed by atoms with E-state index in [9.17, 15) is 22.4 Å². The van der Waals surface area contributed by atoms with Gasteiger partial charge in [-0.05, 0) is 49.7 Å². The molecule has 0 aromatic heterocycles. The summed E-state index contributed by atoms with van der Waals surface area (Å²) in [6.45, 7) is 3.33. The van der Waals surface area contributed by atoms with Crippen LogP contribution in [0.2, 0.25) is 10.0 Å².